The molecule has 0 aliphatic carbocycles. The molecule has 0 aromatic heterocycles. The molecule has 3 heteroatoms. The minimum Gasteiger partial charge on any atom is -0.426 e. The zero-order valence-electron chi connectivity index (χ0n) is 8.68. The van der Waals surface area contributed by atoms with Gasteiger partial charge in [0.25, 0.3) is 6.02 Å². The molecule has 0 atom stereocenters. The Labute approximate surface area is 94.2 Å². The number of hydrogen-bond acceptors (Lipinski definition) is 2. The second-order valence-electron chi connectivity index (χ2n) is 3.24. The summed E-state index contributed by atoms with van der Waals surface area (Å²) in [5.41, 5.74) is 0.837. The molecule has 2 aromatic carbocycles. The maximum atomic E-state index is 7.63. The zero-order chi connectivity index (χ0) is 11.2. The standard InChI is InChI=1S/C13H12N2O/c14-13(15-11-7-3-1-4-8-11)16-12-9-5-2-6-10-12/h1-10H,(H2,14,15). The van der Waals surface area contributed by atoms with Gasteiger partial charge in [0, 0.05) is 5.69 Å². The normalized spacial score (nSPS) is 9.50. The van der Waals surface area contributed by atoms with E-state index in [4.69, 9.17) is 10.1 Å². The van der Waals surface area contributed by atoms with Gasteiger partial charge in [-0.15, -0.1) is 0 Å². The first kappa shape index (κ1) is 10.2. The van der Waals surface area contributed by atoms with Crippen LogP contribution in [0.15, 0.2) is 60.7 Å². The Hall–Kier alpha value is -2.29. The third-order valence-electron chi connectivity index (χ3n) is 1.99. The second-order valence-corrected chi connectivity index (χ2v) is 3.24. The van der Waals surface area contributed by atoms with E-state index in [1.165, 1.54) is 0 Å². The van der Waals surface area contributed by atoms with Crippen molar-refractivity contribution in [3.8, 4) is 5.75 Å². The summed E-state index contributed by atoms with van der Waals surface area (Å²) in [6, 6.07) is 18.7. The van der Waals surface area contributed by atoms with Gasteiger partial charge < -0.3 is 10.1 Å². The molecule has 16 heavy (non-hydrogen) atoms. The van der Waals surface area contributed by atoms with Gasteiger partial charge in [-0.25, -0.2) is 0 Å². The molecule has 0 bridgehead atoms. The van der Waals surface area contributed by atoms with Gasteiger partial charge in [-0.1, -0.05) is 36.4 Å². The highest BCUT2D eigenvalue weighted by molar-refractivity contribution is 5.88. The average molecular weight is 212 g/mol. The molecular weight excluding hydrogens is 200 g/mol. The Kier molecular flexibility index (Phi) is 3.18. The first-order chi connectivity index (χ1) is 7.84. The van der Waals surface area contributed by atoms with Gasteiger partial charge in [0.15, 0.2) is 0 Å². The van der Waals surface area contributed by atoms with E-state index in [0.717, 1.165) is 5.69 Å². The molecule has 0 aliphatic rings. The Balaban J connectivity index is 1.95. The zero-order valence-corrected chi connectivity index (χ0v) is 8.68. The first-order valence-corrected chi connectivity index (χ1v) is 4.98. The highest BCUT2D eigenvalue weighted by atomic mass is 16.5. The number of anilines is 1. The lowest BCUT2D eigenvalue weighted by Crippen LogP contribution is -2.17. The Bertz CT molecular complexity index is 410. The summed E-state index contributed by atoms with van der Waals surface area (Å²) in [6.07, 6.45) is 0. The van der Waals surface area contributed by atoms with Crippen LogP contribution in [0.25, 0.3) is 0 Å². The molecule has 0 spiro atoms. The molecule has 0 heterocycles. The molecule has 0 amide bonds. The second kappa shape index (κ2) is 4.98. The molecule has 2 aromatic rings. The van der Waals surface area contributed by atoms with Crippen molar-refractivity contribution in [2.75, 3.05) is 5.32 Å². The largest absolute Gasteiger partial charge is 0.426 e. The summed E-state index contributed by atoms with van der Waals surface area (Å²) in [4.78, 5) is 0. The average Bonchev–Trinajstić information content (AvgIpc) is 2.31. The van der Waals surface area contributed by atoms with Gasteiger partial charge in [-0.2, -0.15) is 0 Å². The highest BCUT2D eigenvalue weighted by Crippen LogP contribution is 2.10. The molecule has 0 saturated heterocycles. The molecule has 0 aliphatic heterocycles. The van der Waals surface area contributed by atoms with E-state index in [1.807, 2.05) is 48.5 Å². The lowest BCUT2D eigenvalue weighted by Gasteiger charge is -2.08. The van der Waals surface area contributed by atoms with E-state index in [2.05, 4.69) is 5.32 Å². The van der Waals surface area contributed by atoms with Gasteiger partial charge >= 0.3 is 0 Å². The topological polar surface area (TPSA) is 45.1 Å². The van der Waals surface area contributed by atoms with Crippen molar-refractivity contribution in [1.29, 1.82) is 5.41 Å². The van der Waals surface area contributed by atoms with Crippen molar-refractivity contribution in [3.63, 3.8) is 0 Å². The van der Waals surface area contributed by atoms with Crippen LogP contribution in [0.3, 0.4) is 0 Å². The number of benzene rings is 2. The van der Waals surface area contributed by atoms with E-state index >= 15 is 0 Å². The van der Waals surface area contributed by atoms with E-state index in [1.54, 1.807) is 12.1 Å². The van der Waals surface area contributed by atoms with Crippen LogP contribution in [-0.2, 0) is 0 Å². The summed E-state index contributed by atoms with van der Waals surface area (Å²) in [6.45, 7) is 0. The van der Waals surface area contributed by atoms with Crippen molar-refractivity contribution in [2.24, 2.45) is 0 Å². The van der Waals surface area contributed by atoms with Crippen LogP contribution in [0.5, 0.6) is 5.75 Å². The van der Waals surface area contributed by atoms with E-state index in [-0.39, 0.29) is 6.02 Å². The van der Waals surface area contributed by atoms with Crippen molar-refractivity contribution < 1.29 is 4.74 Å². The van der Waals surface area contributed by atoms with Crippen LogP contribution < -0.4 is 10.1 Å². The van der Waals surface area contributed by atoms with Crippen LogP contribution >= 0.6 is 0 Å². The fourth-order valence-electron chi connectivity index (χ4n) is 1.28. The minimum atomic E-state index is 0.0115. The number of hydrogen-bond donors (Lipinski definition) is 2. The quantitative estimate of drug-likeness (QED) is 0.593. The van der Waals surface area contributed by atoms with Gasteiger partial charge in [-0.3, -0.25) is 5.41 Å². The third-order valence-corrected chi connectivity index (χ3v) is 1.99. The summed E-state index contributed by atoms with van der Waals surface area (Å²) >= 11 is 0. The van der Waals surface area contributed by atoms with Crippen molar-refractivity contribution >= 4 is 11.7 Å². The van der Waals surface area contributed by atoms with Crippen LogP contribution in [0.2, 0.25) is 0 Å². The van der Waals surface area contributed by atoms with E-state index in [0.29, 0.717) is 5.75 Å². The maximum Gasteiger partial charge on any atom is 0.291 e. The Morgan fingerprint density at radius 1 is 0.875 bits per heavy atom. The molecule has 2 N–H and O–H groups in total. The summed E-state index contributed by atoms with van der Waals surface area (Å²) in [5, 5.41) is 10.5. The van der Waals surface area contributed by atoms with Crippen LogP contribution in [0.4, 0.5) is 5.69 Å². The highest BCUT2D eigenvalue weighted by Gasteiger charge is 1.99. The minimum absolute atomic E-state index is 0.0115. The third kappa shape index (κ3) is 2.85. The fourth-order valence-corrected chi connectivity index (χ4v) is 1.28. The molecule has 3 nitrogen and oxygen atoms in total. The van der Waals surface area contributed by atoms with Crippen LogP contribution in [0.1, 0.15) is 0 Å². The molecule has 2 rings (SSSR count). The van der Waals surface area contributed by atoms with Gasteiger partial charge in [0.05, 0.1) is 0 Å². The number of rotatable bonds is 2. The van der Waals surface area contributed by atoms with Gasteiger partial charge in [0.1, 0.15) is 5.75 Å². The molecule has 0 radical (unpaired) electrons. The predicted molar refractivity (Wildman–Crippen MR) is 64.9 cm³/mol. The van der Waals surface area contributed by atoms with E-state index in [9.17, 15) is 0 Å². The van der Waals surface area contributed by atoms with Gasteiger partial charge in [0.2, 0.25) is 0 Å². The molecule has 0 saturated carbocycles. The van der Waals surface area contributed by atoms with E-state index < -0.39 is 0 Å². The summed E-state index contributed by atoms with van der Waals surface area (Å²) in [5.74, 6) is 0.649. The molecule has 80 valence electrons. The number of para-hydroxylation sites is 2. The lowest BCUT2D eigenvalue weighted by atomic mass is 10.3. The summed E-state index contributed by atoms with van der Waals surface area (Å²) < 4.78 is 5.29. The van der Waals surface area contributed by atoms with Crippen LogP contribution in [0, 0.1) is 5.41 Å². The van der Waals surface area contributed by atoms with Gasteiger partial charge in [-0.05, 0) is 24.3 Å². The first-order valence-electron chi connectivity index (χ1n) is 4.98. The number of ether oxygens (including phenoxy) is 1. The lowest BCUT2D eigenvalue weighted by molar-refractivity contribution is 0.544. The van der Waals surface area contributed by atoms with Crippen molar-refractivity contribution in [2.45, 2.75) is 0 Å². The molecular formula is C13H12N2O. The molecule has 0 unspecified atom stereocenters. The summed E-state index contributed by atoms with van der Waals surface area (Å²) in [7, 11) is 0. The smallest absolute Gasteiger partial charge is 0.291 e. The Morgan fingerprint density at radius 2 is 1.44 bits per heavy atom. The van der Waals surface area contributed by atoms with Crippen molar-refractivity contribution in [1.82, 2.24) is 0 Å². The van der Waals surface area contributed by atoms with Crippen molar-refractivity contribution in [3.05, 3.63) is 60.7 Å². The monoisotopic (exact) mass is 212 g/mol. The SMILES string of the molecule is N=C(Nc1ccccc1)Oc1ccccc1. The number of amidine groups is 1. The predicted octanol–water partition coefficient (Wildman–Crippen LogP) is 3.11. The number of nitrogens with one attached hydrogen (secondary N) is 2. The maximum absolute atomic E-state index is 7.63. The fraction of sp³-hybridized carbons (Fsp3) is 0. The molecule has 0 fully saturated rings. The Morgan fingerprint density at radius 3 is 2.06 bits per heavy atom. The van der Waals surface area contributed by atoms with Crippen LogP contribution in [-0.4, -0.2) is 6.02 Å².